The molecule has 0 aromatic heterocycles. The number of halogens is 2. The number of hydrogen-bond acceptors (Lipinski definition) is 2. The molecule has 5 heteroatoms. The zero-order valence-corrected chi connectivity index (χ0v) is 10.9. The summed E-state index contributed by atoms with van der Waals surface area (Å²) in [6.45, 7) is 0.848. The number of anilines is 1. The number of rotatable bonds is 2. The zero-order chi connectivity index (χ0) is 12.3. The van der Waals surface area contributed by atoms with Crippen LogP contribution in [0.4, 0.5) is 10.1 Å². The van der Waals surface area contributed by atoms with Crippen LogP contribution in [0.2, 0.25) is 0 Å². The minimum absolute atomic E-state index is 0.161. The smallest absolute Gasteiger partial charge is 0.241 e. The first-order chi connectivity index (χ1) is 8.16. The lowest BCUT2D eigenvalue weighted by atomic mass is 10.0. The topological polar surface area (TPSA) is 41.1 Å². The summed E-state index contributed by atoms with van der Waals surface area (Å²) in [5.41, 5.74) is 0.227. The largest absolute Gasteiger partial charge is 0.322 e. The van der Waals surface area contributed by atoms with E-state index in [1.807, 2.05) is 0 Å². The van der Waals surface area contributed by atoms with Crippen molar-refractivity contribution in [2.24, 2.45) is 0 Å². The average Bonchev–Trinajstić information content (AvgIpc) is 2.34. The van der Waals surface area contributed by atoms with Gasteiger partial charge in [-0.15, -0.1) is 0 Å². The number of carbonyl (C=O) groups excluding carboxylic acids is 1. The molecule has 2 rings (SSSR count). The van der Waals surface area contributed by atoms with Crippen molar-refractivity contribution in [3.63, 3.8) is 0 Å². The molecule has 1 aliphatic heterocycles. The second-order valence-electron chi connectivity index (χ2n) is 4.12. The number of amides is 1. The van der Waals surface area contributed by atoms with Crippen molar-refractivity contribution in [1.82, 2.24) is 5.32 Å². The van der Waals surface area contributed by atoms with Crippen molar-refractivity contribution in [2.75, 3.05) is 11.9 Å². The van der Waals surface area contributed by atoms with Crippen molar-refractivity contribution in [1.29, 1.82) is 0 Å². The fraction of sp³-hybridized carbons (Fsp3) is 0.417. The van der Waals surface area contributed by atoms with E-state index in [4.69, 9.17) is 0 Å². The Morgan fingerprint density at radius 1 is 1.47 bits per heavy atom. The molecule has 0 saturated carbocycles. The first kappa shape index (κ1) is 12.5. The highest BCUT2D eigenvalue weighted by molar-refractivity contribution is 9.10. The summed E-state index contributed by atoms with van der Waals surface area (Å²) >= 11 is 3.17. The molecule has 1 fully saturated rings. The van der Waals surface area contributed by atoms with Gasteiger partial charge in [0.2, 0.25) is 5.91 Å². The second kappa shape index (κ2) is 5.60. The van der Waals surface area contributed by atoms with Gasteiger partial charge in [0.1, 0.15) is 5.82 Å². The van der Waals surface area contributed by atoms with Crippen molar-refractivity contribution in [2.45, 2.75) is 25.3 Å². The highest BCUT2D eigenvalue weighted by atomic mass is 79.9. The Morgan fingerprint density at radius 2 is 2.29 bits per heavy atom. The number of hydrogen-bond donors (Lipinski definition) is 2. The van der Waals surface area contributed by atoms with Crippen LogP contribution in [0.3, 0.4) is 0 Å². The van der Waals surface area contributed by atoms with Gasteiger partial charge in [-0.2, -0.15) is 0 Å². The highest BCUT2D eigenvalue weighted by Gasteiger charge is 2.21. The third-order valence-corrected chi connectivity index (χ3v) is 3.31. The fourth-order valence-corrected chi connectivity index (χ4v) is 2.22. The monoisotopic (exact) mass is 300 g/mol. The molecular weight excluding hydrogens is 287 g/mol. The average molecular weight is 301 g/mol. The molecule has 0 radical (unpaired) electrons. The van der Waals surface area contributed by atoms with Gasteiger partial charge in [0.15, 0.2) is 0 Å². The molecule has 3 nitrogen and oxygen atoms in total. The lowest BCUT2D eigenvalue weighted by molar-refractivity contribution is -0.118. The van der Waals surface area contributed by atoms with Crippen LogP contribution < -0.4 is 10.6 Å². The first-order valence-corrected chi connectivity index (χ1v) is 6.45. The summed E-state index contributed by atoms with van der Waals surface area (Å²) in [5, 5.41) is 5.74. The van der Waals surface area contributed by atoms with E-state index in [9.17, 15) is 9.18 Å². The normalized spacial score (nSPS) is 20.0. The highest BCUT2D eigenvalue weighted by Crippen LogP contribution is 2.20. The Bertz CT molecular complexity index is 419. The van der Waals surface area contributed by atoms with Crippen LogP contribution in [-0.2, 0) is 4.79 Å². The molecular formula is C12H14BrFN2O. The molecule has 92 valence electrons. The molecule has 1 aliphatic rings. The van der Waals surface area contributed by atoms with Crippen LogP contribution in [0, 0.1) is 5.82 Å². The molecule has 0 aliphatic carbocycles. The minimum Gasteiger partial charge on any atom is -0.322 e. The van der Waals surface area contributed by atoms with Crippen LogP contribution >= 0.6 is 15.9 Å². The summed E-state index contributed by atoms with van der Waals surface area (Å²) in [6.07, 6.45) is 2.94. The maximum absolute atomic E-state index is 13.5. The molecule has 2 N–H and O–H groups in total. The molecule has 1 amide bonds. The quantitative estimate of drug-likeness (QED) is 0.882. The predicted octanol–water partition coefficient (Wildman–Crippen LogP) is 2.67. The van der Waals surface area contributed by atoms with E-state index in [0.717, 1.165) is 25.8 Å². The maximum atomic E-state index is 13.5. The second-order valence-corrected chi connectivity index (χ2v) is 5.03. The van der Waals surface area contributed by atoms with Crippen molar-refractivity contribution in [3.05, 3.63) is 28.5 Å². The van der Waals surface area contributed by atoms with Crippen LogP contribution in [0.5, 0.6) is 0 Å². The number of nitrogens with one attached hydrogen (secondary N) is 2. The molecule has 1 aromatic rings. The summed E-state index contributed by atoms with van der Waals surface area (Å²) in [7, 11) is 0. The fourth-order valence-electron chi connectivity index (χ4n) is 1.89. The Balaban J connectivity index is 2.02. The number of carbonyl (C=O) groups is 1. The maximum Gasteiger partial charge on any atom is 0.241 e. The Labute approximate surface area is 108 Å². The summed E-state index contributed by atoms with van der Waals surface area (Å²) in [5.74, 6) is -0.588. The third-order valence-electron chi connectivity index (χ3n) is 2.82. The summed E-state index contributed by atoms with van der Waals surface area (Å²) < 4.78 is 14.2. The molecule has 1 atom stereocenters. The molecule has 17 heavy (non-hydrogen) atoms. The van der Waals surface area contributed by atoms with Crippen LogP contribution in [-0.4, -0.2) is 18.5 Å². The van der Waals surface area contributed by atoms with Crippen LogP contribution in [0.1, 0.15) is 19.3 Å². The van der Waals surface area contributed by atoms with Gasteiger partial charge in [0, 0.05) is 4.47 Å². The van der Waals surface area contributed by atoms with Gasteiger partial charge >= 0.3 is 0 Å². The van der Waals surface area contributed by atoms with E-state index in [2.05, 4.69) is 26.6 Å². The SMILES string of the molecule is O=C(Nc1ccc(Br)cc1F)[C@@H]1CCCCN1. The zero-order valence-electron chi connectivity index (χ0n) is 9.30. The standard InChI is InChI=1S/C12H14BrFN2O/c13-8-4-5-10(9(14)7-8)16-12(17)11-3-1-2-6-15-11/h4-5,7,11,15H,1-3,6H2,(H,16,17)/t11-/m0/s1. The van der Waals surface area contributed by atoms with Gasteiger partial charge in [0.05, 0.1) is 11.7 Å². The molecule has 0 unspecified atom stereocenters. The lowest BCUT2D eigenvalue weighted by Crippen LogP contribution is -2.43. The van der Waals surface area contributed by atoms with Crippen molar-refractivity contribution in [3.8, 4) is 0 Å². The minimum atomic E-state index is -0.427. The molecule has 0 spiro atoms. The predicted molar refractivity (Wildman–Crippen MR) is 68.4 cm³/mol. The molecule has 1 saturated heterocycles. The van der Waals surface area contributed by atoms with Crippen LogP contribution in [0.15, 0.2) is 22.7 Å². The van der Waals surface area contributed by atoms with Gasteiger partial charge in [-0.05, 0) is 37.6 Å². The lowest BCUT2D eigenvalue weighted by Gasteiger charge is -2.22. The number of piperidine rings is 1. The first-order valence-electron chi connectivity index (χ1n) is 5.66. The van der Waals surface area contributed by atoms with Crippen LogP contribution in [0.25, 0.3) is 0 Å². The van der Waals surface area contributed by atoms with Gasteiger partial charge in [-0.25, -0.2) is 4.39 Å². The summed E-state index contributed by atoms with van der Waals surface area (Å²) in [6, 6.07) is 4.39. The Hall–Kier alpha value is -0.940. The van der Waals surface area contributed by atoms with Gasteiger partial charge < -0.3 is 10.6 Å². The summed E-state index contributed by atoms with van der Waals surface area (Å²) in [4.78, 5) is 11.9. The molecule has 0 bridgehead atoms. The van der Waals surface area contributed by atoms with E-state index in [-0.39, 0.29) is 17.6 Å². The van der Waals surface area contributed by atoms with Gasteiger partial charge in [-0.3, -0.25) is 4.79 Å². The van der Waals surface area contributed by atoms with Crippen molar-refractivity contribution < 1.29 is 9.18 Å². The van der Waals surface area contributed by atoms with Gasteiger partial charge in [0.25, 0.3) is 0 Å². The van der Waals surface area contributed by atoms with E-state index in [1.54, 1.807) is 12.1 Å². The van der Waals surface area contributed by atoms with Crippen molar-refractivity contribution >= 4 is 27.5 Å². The third kappa shape index (κ3) is 3.26. The van der Waals surface area contributed by atoms with Gasteiger partial charge in [-0.1, -0.05) is 22.4 Å². The van der Waals surface area contributed by atoms with E-state index in [0.29, 0.717) is 4.47 Å². The van der Waals surface area contributed by atoms with E-state index in [1.165, 1.54) is 6.07 Å². The van der Waals surface area contributed by atoms with E-state index >= 15 is 0 Å². The molecule has 1 aromatic carbocycles. The molecule has 1 heterocycles. The van der Waals surface area contributed by atoms with E-state index < -0.39 is 5.82 Å². The Kier molecular flexibility index (Phi) is 4.12. The number of benzene rings is 1. The Morgan fingerprint density at radius 3 is 2.94 bits per heavy atom.